The molecule has 2 rings (SSSR count). The molecule has 0 aliphatic heterocycles. The molecule has 0 aliphatic rings. The molecule has 0 bridgehead atoms. The molecule has 0 heterocycles. The molecule has 2 aromatic carbocycles. The van der Waals surface area contributed by atoms with Crippen molar-refractivity contribution >= 4 is 17.9 Å². The highest BCUT2D eigenvalue weighted by Gasteiger charge is 2.10. The van der Waals surface area contributed by atoms with Crippen LogP contribution in [0.25, 0.3) is 0 Å². The quantitative estimate of drug-likeness (QED) is 0.854. The smallest absolute Gasteiger partial charge is 0.255 e. The molecule has 0 aliphatic carbocycles. The normalized spacial score (nSPS) is 10.5. The number of anilines is 1. The second kappa shape index (κ2) is 6.35. The fourth-order valence-electron chi connectivity index (χ4n) is 2.13. The Labute approximate surface area is 125 Å². The van der Waals surface area contributed by atoms with Gasteiger partial charge in [-0.3, -0.25) is 9.59 Å². The van der Waals surface area contributed by atoms with Crippen LogP contribution < -0.4 is 5.32 Å². The van der Waals surface area contributed by atoms with Crippen molar-refractivity contribution in [3.8, 4) is 0 Å². The zero-order valence-corrected chi connectivity index (χ0v) is 12.5. The number of carbonyl (C=O) groups excluding carboxylic acids is 2. The van der Waals surface area contributed by atoms with Crippen molar-refractivity contribution in [1.29, 1.82) is 0 Å². The molecule has 0 unspecified atom stereocenters. The molecule has 0 aromatic heterocycles. The minimum absolute atomic E-state index is 0.170. The Morgan fingerprint density at radius 2 is 1.76 bits per heavy atom. The third-order valence-electron chi connectivity index (χ3n) is 3.59. The number of aldehydes is 1. The van der Waals surface area contributed by atoms with E-state index in [1.165, 1.54) is 5.56 Å². The van der Waals surface area contributed by atoms with Gasteiger partial charge in [-0.1, -0.05) is 38.1 Å². The van der Waals surface area contributed by atoms with Gasteiger partial charge in [0.25, 0.3) is 5.91 Å². The van der Waals surface area contributed by atoms with Gasteiger partial charge in [-0.05, 0) is 42.2 Å². The molecular weight excluding hydrogens is 262 g/mol. The van der Waals surface area contributed by atoms with Gasteiger partial charge in [0.15, 0.2) is 0 Å². The monoisotopic (exact) mass is 281 g/mol. The number of amides is 1. The zero-order valence-electron chi connectivity index (χ0n) is 12.5. The van der Waals surface area contributed by atoms with E-state index < -0.39 is 0 Å². The second-order valence-corrected chi connectivity index (χ2v) is 5.37. The number of nitrogens with one attached hydrogen (secondary N) is 1. The van der Waals surface area contributed by atoms with Crippen molar-refractivity contribution in [3.05, 3.63) is 64.7 Å². The van der Waals surface area contributed by atoms with Gasteiger partial charge in [0.05, 0.1) is 0 Å². The van der Waals surface area contributed by atoms with E-state index in [2.05, 4.69) is 19.2 Å². The SMILES string of the molecule is Cc1c(C=O)cccc1NC(=O)c1ccc(C(C)C)cc1. The van der Waals surface area contributed by atoms with Gasteiger partial charge < -0.3 is 5.32 Å². The van der Waals surface area contributed by atoms with Crippen LogP contribution in [-0.4, -0.2) is 12.2 Å². The minimum atomic E-state index is -0.170. The largest absolute Gasteiger partial charge is 0.322 e. The third kappa shape index (κ3) is 3.37. The zero-order chi connectivity index (χ0) is 15.4. The van der Waals surface area contributed by atoms with Crippen LogP contribution in [0.5, 0.6) is 0 Å². The van der Waals surface area contributed by atoms with Gasteiger partial charge in [0.1, 0.15) is 6.29 Å². The summed E-state index contributed by atoms with van der Waals surface area (Å²) < 4.78 is 0. The Bertz CT molecular complexity index is 657. The first-order chi connectivity index (χ1) is 10.0. The van der Waals surface area contributed by atoms with Crippen molar-refractivity contribution in [3.63, 3.8) is 0 Å². The maximum Gasteiger partial charge on any atom is 0.255 e. The molecule has 0 saturated carbocycles. The molecule has 0 spiro atoms. The van der Waals surface area contributed by atoms with Crippen LogP contribution in [0.1, 0.15) is 51.6 Å². The lowest BCUT2D eigenvalue weighted by Crippen LogP contribution is -2.13. The number of benzene rings is 2. The Morgan fingerprint density at radius 3 is 2.33 bits per heavy atom. The lowest BCUT2D eigenvalue weighted by atomic mass is 10.0. The first-order valence-corrected chi connectivity index (χ1v) is 6.99. The number of hydrogen-bond donors (Lipinski definition) is 1. The molecule has 21 heavy (non-hydrogen) atoms. The van der Waals surface area contributed by atoms with Gasteiger partial charge >= 0.3 is 0 Å². The van der Waals surface area contributed by atoms with Crippen LogP contribution in [0.3, 0.4) is 0 Å². The first kappa shape index (κ1) is 15.0. The molecule has 0 saturated heterocycles. The molecule has 1 N–H and O–H groups in total. The lowest BCUT2D eigenvalue weighted by Gasteiger charge is -2.11. The van der Waals surface area contributed by atoms with Gasteiger partial charge in [-0.15, -0.1) is 0 Å². The van der Waals surface area contributed by atoms with Gasteiger partial charge in [0.2, 0.25) is 0 Å². The second-order valence-electron chi connectivity index (χ2n) is 5.37. The van der Waals surface area contributed by atoms with Crippen molar-refractivity contribution in [2.75, 3.05) is 5.32 Å². The molecule has 2 aromatic rings. The van der Waals surface area contributed by atoms with E-state index in [1.54, 1.807) is 18.2 Å². The summed E-state index contributed by atoms with van der Waals surface area (Å²) >= 11 is 0. The van der Waals surface area contributed by atoms with E-state index in [0.717, 1.165) is 11.8 Å². The molecule has 1 amide bonds. The fourth-order valence-corrected chi connectivity index (χ4v) is 2.13. The molecule has 0 atom stereocenters. The third-order valence-corrected chi connectivity index (χ3v) is 3.59. The molecule has 3 nitrogen and oxygen atoms in total. The average molecular weight is 281 g/mol. The van der Waals surface area contributed by atoms with Crippen molar-refractivity contribution < 1.29 is 9.59 Å². The Hall–Kier alpha value is -2.42. The summed E-state index contributed by atoms with van der Waals surface area (Å²) in [6.07, 6.45) is 0.794. The number of hydrogen-bond acceptors (Lipinski definition) is 2. The van der Waals surface area contributed by atoms with E-state index >= 15 is 0 Å². The highest BCUT2D eigenvalue weighted by atomic mass is 16.1. The number of rotatable bonds is 4. The van der Waals surface area contributed by atoms with Crippen LogP contribution >= 0.6 is 0 Å². The summed E-state index contributed by atoms with van der Waals surface area (Å²) in [4.78, 5) is 23.2. The van der Waals surface area contributed by atoms with Crippen LogP contribution in [0, 0.1) is 6.92 Å². The summed E-state index contributed by atoms with van der Waals surface area (Å²) in [5, 5.41) is 2.85. The van der Waals surface area contributed by atoms with E-state index in [4.69, 9.17) is 0 Å². The number of carbonyl (C=O) groups is 2. The van der Waals surface area contributed by atoms with Crippen LogP contribution in [0.15, 0.2) is 42.5 Å². The van der Waals surface area contributed by atoms with Crippen LogP contribution in [-0.2, 0) is 0 Å². The average Bonchev–Trinajstić information content (AvgIpc) is 2.49. The summed E-state index contributed by atoms with van der Waals surface area (Å²) in [7, 11) is 0. The summed E-state index contributed by atoms with van der Waals surface area (Å²) in [5.41, 5.74) is 3.83. The van der Waals surface area contributed by atoms with Gasteiger partial charge in [0, 0.05) is 16.8 Å². The fraction of sp³-hybridized carbons (Fsp3) is 0.222. The molecule has 3 heteroatoms. The predicted molar refractivity (Wildman–Crippen MR) is 85.1 cm³/mol. The van der Waals surface area contributed by atoms with E-state index in [0.29, 0.717) is 22.7 Å². The minimum Gasteiger partial charge on any atom is -0.322 e. The summed E-state index contributed by atoms with van der Waals surface area (Å²) in [5.74, 6) is 0.269. The Morgan fingerprint density at radius 1 is 1.10 bits per heavy atom. The van der Waals surface area contributed by atoms with Crippen molar-refractivity contribution in [2.24, 2.45) is 0 Å². The van der Waals surface area contributed by atoms with E-state index in [-0.39, 0.29) is 5.91 Å². The van der Waals surface area contributed by atoms with Crippen molar-refractivity contribution in [2.45, 2.75) is 26.7 Å². The Balaban J connectivity index is 2.20. The van der Waals surface area contributed by atoms with Crippen molar-refractivity contribution in [1.82, 2.24) is 0 Å². The molecule has 0 radical (unpaired) electrons. The standard InChI is InChI=1S/C18H19NO2/c1-12(2)14-7-9-15(10-8-14)18(21)19-17-6-4-5-16(11-20)13(17)3/h4-12H,1-3H3,(H,19,21). The highest BCUT2D eigenvalue weighted by Crippen LogP contribution is 2.19. The first-order valence-electron chi connectivity index (χ1n) is 6.99. The van der Waals surface area contributed by atoms with Gasteiger partial charge in [-0.25, -0.2) is 0 Å². The topological polar surface area (TPSA) is 46.2 Å². The van der Waals surface area contributed by atoms with Crippen LogP contribution in [0.2, 0.25) is 0 Å². The Kier molecular flexibility index (Phi) is 4.53. The van der Waals surface area contributed by atoms with E-state index in [9.17, 15) is 9.59 Å². The predicted octanol–water partition coefficient (Wildman–Crippen LogP) is 4.18. The van der Waals surface area contributed by atoms with Gasteiger partial charge in [-0.2, -0.15) is 0 Å². The maximum absolute atomic E-state index is 12.2. The maximum atomic E-state index is 12.2. The highest BCUT2D eigenvalue weighted by molar-refractivity contribution is 6.05. The summed E-state index contributed by atoms with van der Waals surface area (Å²) in [6.45, 7) is 6.05. The molecular formula is C18H19NO2. The molecule has 0 fully saturated rings. The van der Waals surface area contributed by atoms with E-state index in [1.807, 2.05) is 31.2 Å². The lowest BCUT2D eigenvalue weighted by molar-refractivity contribution is 0.102. The summed E-state index contributed by atoms with van der Waals surface area (Å²) in [6, 6.07) is 12.9. The molecule has 108 valence electrons. The van der Waals surface area contributed by atoms with Crippen LogP contribution in [0.4, 0.5) is 5.69 Å².